The molecule has 8 nitrogen and oxygen atoms in total. The minimum Gasteiger partial charge on any atom is -0.493 e. The molecule has 31 heavy (non-hydrogen) atoms. The van der Waals surface area contributed by atoms with E-state index in [4.69, 9.17) is 23.7 Å². The molecule has 166 valence electrons. The maximum absolute atomic E-state index is 14.0. The number of methoxy groups -OCH3 is 4. The SMILES string of the molecule is COC(=O)[C@H]1C[C@@H](Oc2ccccc2F)CN1C(=O)c1ccc(OC)c(OC)c1OC. The first-order valence-corrected chi connectivity index (χ1v) is 9.54. The van der Waals surface area contributed by atoms with Crippen molar-refractivity contribution < 1.29 is 37.7 Å². The molecule has 1 heterocycles. The summed E-state index contributed by atoms with van der Waals surface area (Å²) in [7, 11) is 5.55. The fourth-order valence-corrected chi connectivity index (χ4v) is 3.61. The Labute approximate surface area is 179 Å². The van der Waals surface area contributed by atoms with E-state index in [2.05, 4.69) is 0 Å². The van der Waals surface area contributed by atoms with E-state index in [1.54, 1.807) is 18.2 Å². The molecule has 0 aliphatic carbocycles. The fraction of sp³-hybridized carbons (Fsp3) is 0.364. The number of benzene rings is 2. The van der Waals surface area contributed by atoms with Crippen LogP contribution in [-0.2, 0) is 9.53 Å². The van der Waals surface area contributed by atoms with Crippen molar-refractivity contribution in [2.45, 2.75) is 18.6 Å². The number of esters is 1. The maximum atomic E-state index is 14.0. The van der Waals surface area contributed by atoms with Gasteiger partial charge >= 0.3 is 5.97 Å². The highest BCUT2D eigenvalue weighted by molar-refractivity contribution is 6.00. The molecule has 1 aliphatic heterocycles. The molecule has 9 heteroatoms. The lowest BCUT2D eigenvalue weighted by atomic mass is 10.1. The van der Waals surface area contributed by atoms with Crippen LogP contribution in [0.15, 0.2) is 36.4 Å². The van der Waals surface area contributed by atoms with Gasteiger partial charge in [0.1, 0.15) is 12.1 Å². The van der Waals surface area contributed by atoms with Gasteiger partial charge in [-0.2, -0.15) is 0 Å². The van der Waals surface area contributed by atoms with Crippen molar-refractivity contribution in [3.05, 3.63) is 47.8 Å². The van der Waals surface area contributed by atoms with Crippen molar-refractivity contribution in [3.8, 4) is 23.0 Å². The van der Waals surface area contributed by atoms with Crippen LogP contribution in [0.3, 0.4) is 0 Å². The zero-order chi connectivity index (χ0) is 22.5. The molecule has 2 aromatic carbocycles. The Morgan fingerprint density at radius 3 is 2.26 bits per heavy atom. The number of likely N-dealkylation sites (tertiary alicyclic amines) is 1. The molecule has 0 bridgehead atoms. The zero-order valence-electron chi connectivity index (χ0n) is 17.7. The molecule has 1 fully saturated rings. The molecule has 2 aromatic rings. The largest absolute Gasteiger partial charge is 0.493 e. The molecular weight excluding hydrogens is 409 g/mol. The number of hydrogen-bond donors (Lipinski definition) is 0. The van der Waals surface area contributed by atoms with Gasteiger partial charge in [0.25, 0.3) is 5.91 Å². The van der Waals surface area contributed by atoms with Gasteiger partial charge in [-0.15, -0.1) is 0 Å². The van der Waals surface area contributed by atoms with Gasteiger partial charge in [0.15, 0.2) is 23.1 Å². The van der Waals surface area contributed by atoms with Gasteiger partial charge in [-0.1, -0.05) is 12.1 Å². The first kappa shape index (κ1) is 22.2. The summed E-state index contributed by atoms with van der Waals surface area (Å²) in [6, 6.07) is 8.17. The van der Waals surface area contributed by atoms with Crippen molar-refractivity contribution in [3.63, 3.8) is 0 Å². The van der Waals surface area contributed by atoms with Crippen LogP contribution < -0.4 is 18.9 Å². The molecule has 1 saturated heterocycles. The molecule has 1 aliphatic rings. The summed E-state index contributed by atoms with van der Waals surface area (Å²) in [5, 5.41) is 0. The number of halogens is 1. The van der Waals surface area contributed by atoms with Crippen LogP contribution in [0.1, 0.15) is 16.8 Å². The average Bonchev–Trinajstić information content (AvgIpc) is 3.22. The Hall–Kier alpha value is -3.49. The van der Waals surface area contributed by atoms with E-state index in [0.717, 1.165) is 0 Å². The summed E-state index contributed by atoms with van der Waals surface area (Å²) >= 11 is 0. The molecule has 0 saturated carbocycles. The molecule has 0 radical (unpaired) electrons. The standard InChI is InChI=1S/C22H24FNO7/c1-27-18-10-9-14(19(28-2)20(18)29-3)21(25)24-12-13(11-16(24)22(26)30-4)31-17-8-6-5-7-15(17)23/h5-10,13,16H,11-12H2,1-4H3/t13-,16-/m1/s1. The normalized spacial score (nSPS) is 17.8. The molecular formula is C22H24FNO7. The summed E-state index contributed by atoms with van der Waals surface area (Å²) in [5.41, 5.74) is 0.181. The molecule has 0 spiro atoms. The first-order chi connectivity index (χ1) is 14.9. The van der Waals surface area contributed by atoms with Crippen LogP contribution in [0.2, 0.25) is 0 Å². The Morgan fingerprint density at radius 1 is 0.935 bits per heavy atom. The summed E-state index contributed by atoms with van der Waals surface area (Å²) in [6.07, 6.45) is -0.446. The molecule has 0 unspecified atom stereocenters. The van der Waals surface area contributed by atoms with Crippen molar-refractivity contribution >= 4 is 11.9 Å². The highest BCUT2D eigenvalue weighted by Gasteiger charge is 2.43. The lowest BCUT2D eigenvalue weighted by Gasteiger charge is -2.24. The second-order valence-corrected chi connectivity index (χ2v) is 6.78. The van der Waals surface area contributed by atoms with E-state index < -0.39 is 29.8 Å². The predicted molar refractivity (Wildman–Crippen MR) is 108 cm³/mol. The third-order valence-electron chi connectivity index (χ3n) is 5.06. The van der Waals surface area contributed by atoms with Crippen LogP contribution >= 0.6 is 0 Å². The fourth-order valence-electron chi connectivity index (χ4n) is 3.61. The molecule has 2 atom stereocenters. The molecule has 0 aromatic heterocycles. The second-order valence-electron chi connectivity index (χ2n) is 6.78. The number of hydrogen-bond acceptors (Lipinski definition) is 7. The van der Waals surface area contributed by atoms with Crippen molar-refractivity contribution in [1.29, 1.82) is 0 Å². The average molecular weight is 433 g/mol. The van der Waals surface area contributed by atoms with Crippen LogP contribution in [0.25, 0.3) is 0 Å². The number of carbonyl (C=O) groups excluding carboxylic acids is 2. The highest BCUT2D eigenvalue weighted by atomic mass is 19.1. The lowest BCUT2D eigenvalue weighted by molar-refractivity contribution is -0.145. The topological polar surface area (TPSA) is 83.5 Å². The van der Waals surface area contributed by atoms with Gasteiger partial charge in [0.2, 0.25) is 5.75 Å². The summed E-state index contributed by atoms with van der Waals surface area (Å²) in [5.74, 6) is -0.724. The van der Waals surface area contributed by atoms with Gasteiger partial charge in [-0.3, -0.25) is 4.79 Å². The number of para-hydroxylation sites is 1. The first-order valence-electron chi connectivity index (χ1n) is 9.54. The van der Waals surface area contributed by atoms with E-state index >= 15 is 0 Å². The number of rotatable bonds is 7. The highest BCUT2D eigenvalue weighted by Crippen LogP contribution is 2.41. The Kier molecular flexibility index (Phi) is 6.84. The lowest BCUT2D eigenvalue weighted by Crippen LogP contribution is -2.41. The Morgan fingerprint density at radius 2 is 1.65 bits per heavy atom. The maximum Gasteiger partial charge on any atom is 0.328 e. The number of ether oxygens (including phenoxy) is 5. The van der Waals surface area contributed by atoms with Crippen LogP contribution in [0, 0.1) is 5.82 Å². The van der Waals surface area contributed by atoms with Gasteiger partial charge in [0.05, 0.1) is 40.5 Å². The Bertz CT molecular complexity index is 965. The van der Waals surface area contributed by atoms with Gasteiger partial charge < -0.3 is 28.6 Å². The van der Waals surface area contributed by atoms with E-state index in [1.165, 1.54) is 51.5 Å². The Balaban J connectivity index is 1.93. The van der Waals surface area contributed by atoms with Crippen molar-refractivity contribution in [2.24, 2.45) is 0 Å². The van der Waals surface area contributed by atoms with Crippen LogP contribution in [0.5, 0.6) is 23.0 Å². The smallest absolute Gasteiger partial charge is 0.328 e. The monoisotopic (exact) mass is 433 g/mol. The summed E-state index contributed by atoms with van der Waals surface area (Å²) < 4.78 is 40.6. The number of carbonyl (C=O) groups is 2. The van der Waals surface area contributed by atoms with Gasteiger partial charge in [0, 0.05) is 6.42 Å². The second kappa shape index (κ2) is 9.55. The van der Waals surface area contributed by atoms with Gasteiger partial charge in [-0.25, -0.2) is 9.18 Å². The summed E-state index contributed by atoms with van der Waals surface area (Å²) in [6.45, 7) is 0.0600. The van der Waals surface area contributed by atoms with Crippen LogP contribution in [0.4, 0.5) is 4.39 Å². The number of amides is 1. The predicted octanol–water partition coefficient (Wildman–Crippen LogP) is 2.69. The van der Waals surface area contributed by atoms with Crippen LogP contribution in [-0.4, -0.2) is 63.9 Å². The minimum atomic E-state index is -0.896. The molecule has 0 N–H and O–H groups in total. The summed E-state index contributed by atoms with van der Waals surface area (Å²) in [4.78, 5) is 27.1. The molecule has 3 rings (SSSR count). The zero-order valence-corrected chi connectivity index (χ0v) is 17.7. The van der Waals surface area contributed by atoms with Crippen molar-refractivity contribution in [1.82, 2.24) is 4.90 Å². The third kappa shape index (κ3) is 4.35. The van der Waals surface area contributed by atoms with E-state index in [-0.39, 0.29) is 35.8 Å². The van der Waals surface area contributed by atoms with E-state index in [1.807, 2.05) is 0 Å². The van der Waals surface area contributed by atoms with Gasteiger partial charge in [-0.05, 0) is 24.3 Å². The quantitative estimate of drug-likeness (QED) is 0.621. The third-order valence-corrected chi connectivity index (χ3v) is 5.06. The van der Waals surface area contributed by atoms with E-state index in [0.29, 0.717) is 5.75 Å². The van der Waals surface area contributed by atoms with Crippen molar-refractivity contribution in [2.75, 3.05) is 35.0 Å². The molecule has 1 amide bonds. The van der Waals surface area contributed by atoms with E-state index in [9.17, 15) is 14.0 Å². The minimum absolute atomic E-state index is 0.0501. The number of nitrogens with zero attached hydrogens (tertiary/aromatic N) is 1.